The van der Waals surface area contributed by atoms with Crippen molar-refractivity contribution < 1.29 is 19.1 Å². The van der Waals surface area contributed by atoms with Crippen molar-refractivity contribution >= 4 is 45.6 Å². The van der Waals surface area contributed by atoms with Gasteiger partial charge in [-0.3, -0.25) is 4.79 Å². The Bertz CT molecular complexity index is 1440. The average Bonchev–Trinajstić information content (AvgIpc) is 2.90. The molecule has 4 rings (SSSR count). The van der Waals surface area contributed by atoms with Gasteiger partial charge in [0.15, 0.2) is 0 Å². The predicted octanol–water partition coefficient (Wildman–Crippen LogP) is 6.97. The minimum Gasteiger partial charge on any atom is -0.488 e. The second kappa shape index (κ2) is 12.3. The number of rotatable bonds is 8. The third kappa shape index (κ3) is 7.29. The molecule has 0 atom stereocenters. The smallest absolute Gasteiger partial charge is 0.343 e. The van der Waals surface area contributed by atoms with E-state index in [0.29, 0.717) is 33.2 Å². The van der Waals surface area contributed by atoms with E-state index in [0.717, 1.165) is 15.6 Å². The topological polar surface area (TPSA) is 77.0 Å². The summed E-state index contributed by atoms with van der Waals surface area (Å²) in [6.45, 7) is 2.22. The van der Waals surface area contributed by atoms with E-state index in [4.69, 9.17) is 21.1 Å². The lowest BCUT2D eigenvalue weighted by molar-refractivity contribution is 0.0734. The summed E-state index contributed by atoms with van der Waals surface area (Å²) in [5, 5.41) is 4.71. The van der Waals surface area contributed by atoms with E-state index >= 15 is 0 Å². The molecule has 1 amide bonds. The predicted molar refractivity (Wildman–Crippen MR) is 148 cm³/mol. The SMILES string of the molecule is Cc1ccc(C(=O)Oc2ccc(Br)cc2/C=N\NC(=O)c2ccccc2OCc2ccc(Cl)cc2)cc1. The van der Waals surface area contributed by atoms with Crippen molar-refractivity contribution in [3.05, 3.63) is 128 Å². The molecule has 0 heterocycles. The standard InChI is InChI=1S/C29H22BrClN2O4/c1-19-6-10-21(11-7-19)29(35)37-26-15-12-23(30)16-22(26)17-32-33-28(34)25-4-2-3-5-27(25)36-18-20-8-13-24(31)14-9-20/h2-17H,18H2,1H3,(H,33,34)/b32-17-. The van der Waals surface area contributed by atoms with E-state index in [-0.39, 0.29) is 6.61 Å². The van der Waals surface area contributed by atoms with Crippen LogP contribution in [0.3, 0.4) is 0 Å². The van der Waals surface area contributed by atoms with Crippen LogP contribution in [0.1, 0.15) is 37.4 Å². The summed E-state index contributed by atoms with van der Waals surface area (Å²) in [6, 6.07) is 26.4. The molecule has 4 aromatic carbocycles. The number of hydrogen-bond acceptors (Lipinski definition) is 5. The number of para-hydroxylation sites is 1. The Morgan fingerprint density at radius 3 is 2.43 bits per heavy atom. The monoisotopic (exact) mass is 576 g/mol. The van der Waals surface area contributed by atoms with Crippen molar-refractivity contribution in [2.45, 2.75) is 13.5 Å². The number of amides is 1. The first-order valence-corrected chi connectivity index (χ1v) is 12.4. The number of esters is 1. The van der Waals surface area contributed by atoms with Crippen LogP contribution in [0.15, 0.2) is 101 Å². The Morgan fingerprint density at radius 2 is 1.68 bits per heavy atom. The Labute approximate surface area is 228 Å². The molecule has 0 aliphatic heterocycles. The average molecular weight is 578 g/mol. The van der Waals surface area contributed by atoms with Crippen LogP contribution < -0.4 is 14.9 Å². The molecule has 0 spiro atoms. The second-order valence-electron chi connectivity index (χ2n) is 8.05. The third-order valence-electron chi connectivity index (χ3n) is 5.27. The van der Waals surface area contributed by atoms with E-state index < -0.39 is 11.9 Å². The van der Waals surface area contributed by atoms with Gasteiger partial charge in [-0.25, -0.2) is 10.2 Å². The van der Waals surface area contributed by atoms with E-state index in [1.54, 1.807) is 66.7 Å². The summed E-state index contributed by atoms with van der Waals surface area (Å²) in [5.41, 5.74) is 5.73. The zero-order chi connectivity index (χ0) is 26.2. The van der Waals surface area contributed by atoms with Crippen LogP contribution in [0.5, 0.6) is 11.5 Å². The molecular weight excluding hydrogens is 556 g/mol. The molecule has 0 aromatic heterocycles. The number of nitrogens with zero attached hydrogens (tertiary/aromatic N) is 1. The van der Waals surface area contributed by atoms with E-state index in [2.05, 4.69) is 26.5 Å². The first-order chi connectivity index (χ1) is 17.9. The van der Waals surface area contributed by atoms with Crippen molar-refractivity contribution in [1.82, 2.24) is 5.43 Å². The summed E-state index contributed by atoms with van der Waals surface area (Å²) in [4.78, 5) is 25.4. The number of carbonyl (C=O) groups is 2. The van der Waals surface area contributed by atoms with Crippen LogP contribution in [-0.4, -0.2) is 18.1 Å². The number of hydrogen-bond donors (Lipinski definition) is 1. The molecule has 0 aliphatic carbocycles. The van der Waals surface area contributed by atoms with Gasteiger partial charge in [0.2, 0.25) is 0 Å². The second-order valence-corrected chi connectivity index (χ2v) is 9.40. The highest BCUT2D eigenvalue weighted by Gasteiger charge is 2.13. The number of halogens is 2. The molecule has 0 bridgehead atoms. The van der Waals surface area contributed by atoms with Crippen LogP contribution in [0.25, 0.3) is 0 Å². The maximum absolute atomic E-state index is 12.8. The third-order valence-corrected chi connectivity index (χ3v) is 6.02. The minimum absolute atomic E-state index is 0.276. The van der Waals surface area contributed by atoms with Gasteiger partial charge in [0.25, 0.3) is 5.91 Å². The van der Waals surface area contributed by atoms with Gasteiger partial charge in [0.05, 0.1) is 17.3 Å². The summed E-state index contributed by atoms with van der Waals surface area (Å²) in [5.74, 6) is -0.220. The molecule has 186 valence electrons. The van der Waals surface area contributed by atoms with E-state index in [1.807, 2.05) is 31.2 Å². The van der Waals surface area contributed by atoms with Crippen molar-refractivity contribution in [1.29, 1.82) is 0 Å². The fourth-order valence-corrected chi connectivity index (χ4v) is 3.81. The number of carbonyl (C=O) groups excluding carboxylic acids is 2. The number of hydrazone groups is 1. The Balaban J connectivity index is 1.44. The molecule has 0 saturated heterocycles. The molecule has 0 aliphatic rings. The lowest BCUT2D eigenvalue weighted by Gasteiger charge is -2.11. The van der Waals surface area contributed by atoms with E-state index in [1.165, 1.54) is 6.21 Å². The van der Waals surface area contributed by atoms with Crippen LogP contribution in [0.4, 0.5) is 0 Å². The summed E-state index contributed by atoms with van der Waals surface area (Å²) in [6.07, 6.45) is 1.41. The lowest BCUT2D eigenvalue weighted by atomic mass is 10.1. The quantitative estimate of drug-likeness (QED) is 0.106. The maximum atomic E-state index is 12.8. The maximum Gasteiger partial charge on any atom is 0.343 e. The van der Waals surface area contributed by atoms with Crippen molar-refractivity contribution in [3.63, 3.8) is 0 Å². The van der Waals surface area contributed by atoms with Gasteiger partial charge >= 0.3 is 5.97 Å². The van der Waals surface area contributed by atoms with Gasteiger partial charge in [-0.05, 0) is 67.1 Å². The van der Waals surface area contributed by atoms with Crippen molar-refractivity contribution in [2.75, 3.05) is 0 Å². The van der Waals surface area contributed by atoms with Crippen LogP contribution in [0, 0.1) is 6.92 Å². The van der Waals surface area contributed by atoms with Gasteiger partial charge in [0, 0.05) is 15.1 Å². The molecular formula is C29H22BrClN2O4. The Morgan fingerprint density at radius 1 is 0.946 bits per heavy atom. The summed E-state index contributed by atoms with van der Waals surface area (Å²) in [7, 11) is 0. The van der Waals surface area contributed by atoms with Gasteiger partial charge in [-0.1, -0.05) is 69.5 Å². The molecule has 1 N–H and O–H groups in total. The minimum atomic E-state index is -0.493. The van der Waals surface area contributed by atoms with Crippen molar-refractivity contribution in [3.8, 4) is 11.5 Å². The summed E-state index contributed by atoms with van der Waals surface area (Å²) >= 11 is 9.34. The zero-order valence-corrected chi connectivity index (χ0v) is 22.1. The van der Waals surface area contributed by atoms with Crippen molar-refractivity contribution in [2.24, 2.45) is 5.10 Å². The first-order valence-electron chi connectivity index (χ1n) is 11.3. The fraction of sp³-hybridized carbons (Fsp3) is 0.0690. The number of benzene rings is 4. The van der Waals surface area contributed by atoms with Crippen LogP contribution in [-0.2, 0) is 6.61 Å². The zero-order valence-electron chi connectivity index (χ0n) is 19.8. The molecule has 0 saturated carbocycles. The molecule has 6 nitrogen and oxygen atoms in total. The first kappa shape index (κ1) is 26.1. The molecule has 0 unspecified atom stereocenters. The molecule has 0 fully saturated rings. The molecule has 0 radical (unpaired) electrons. The van der Waals surface area contributed by atoms with Crippen LogP contribution >= 0.6 is 27.5 Å². The van der Waals surface area contributed by atoms with Gasteiger partial charge in [-0.15, -0.1) is 0 Å². The Hall–Kier alpha value is -3.94. The fourth-order valence-electron chi connectivity index (χ4n) is 3.30. The molecule has 4 aromatic rings. The number of ether oxygens (including phenoxy) is 2. The van der Waals surface area contributed by atoms with Gasteiger partial charge < -0.3 is 9.47 Å². The highest BCUT2D eigenvalue weighted by Crippen LogP contribution is 2.23. The van der Waals surface area contributed by atoms with Gasteiger partial charge in [-0.2, -0.15) is 5.10 Å². The highest BCUT2D eigenvalue weighted by atomic mass is 79.9. The molecule has 37 heavy (non-hydrogen) atoms. The summed E-state index contributed by atoms with van der Waals surface area (Å²) < 4.78 is 12.2. The highest BCUT2D eigenvalue weighted by molar-refractivity contribution is 9.10. The number of nitrogens with one attached hydrogen (secondary N) is 1. The van der Waals surface area contributed by atoms with Crippen LogP contribution in [0.2, 0.25) is 5.02 Å². The number of aryl methyl sites for hydroxylation is 1. The largest absolute Gasteiger partial charge is 0.488 e. The van der Waals surface area contributed by atoms with Gasteiger partial charge in [0.1, 0.15) is 18.1 Å². The lowest BCUT2D eigenvalue weighted by Crippen LogP contribution is -2.19. The Kier molecular flexibility index (Phi) is 8.72. The molecule has 8 heteroatoms. The van der Waals surface area contributed by atoms with E-state index in [9.17, 15) is 9.59 Å². The normalized spacial score (nSPS) is 10.8.